The third-order valence-electron chi connectivity index (χ3n) is 2.44. The Labute approximate surface area is 115 Å². The largest absolute Gasteiger partial charge is 0.389 e. The molecule has 94 valence electrons. The van der Waals surface area contributed by atoms with Gasteiger partial charge in [-0.05, 0) is 18.4 Å². The second-order valence-electron chi connectivity index (χ2n) is 3.59. The number of hydrogen-bond donors (Lipinski definition) is 2. The third kappa shape index (κ3) is 2.83. The van der Waals surface area contributed by atoms with Gasteiger partial charge in [0.1, 0.15) is 16.9 Å². The van der Waals surface area contributed by atoms with E-state index in [1.54, 1.807) is 18.0 Å². The Morgan fingerprint density at radius 2 is 2.33 bits per heavy atom. The molecule has 18 heavy (non-hydrogen) atoms. The highest BCUT2D eigenvalue weighted by atomic mass is 32.2. The van der Waals surface area contributed by atoms with Crippen LogP contribution >= 0.6 is 24.0 Å². The van der Waals surface area contributed by atoms with Gasteiger partial charge in [-0.3, -0.25) is 0 Å². The minimum atomic E-state index is 0.391. The van der Waals surface area contributed by atoms with E-state index in [9.17, 15) is 0 Å². The second kappa shape index (κ2) is 5.88. The number of nitrogens with zero attached hydrogens (tertiary/aromatic N) is 1. The van der Waals surface area contributed by atoms with Crippen LogP contribution in [0.4, 0.5) is 5.69 Å². The number of benzene rings is 1. The first kappa shape index (κ1) is 12.9. The van der Waals surface area contributed by atoms with Crippen LogP contribution in [0.2, 0.25) is 0 Å². The summed E-state index contributed by atoms with van der Waals surface area (Å²) < 4.78 is 4.78. The van der Waals surface area contributed by atoms with Gasteiger partial charge in [-0.15, -0.1) is 11.8 Å². The zero-order chi connectivity index (χ0) is 13.0. The maximum Gasteiger partial charge on any atom is 0.124 e. The van der Waals surface area contributed by atoms with Crippen LogP contribution in [-0.4, -0.2) is 16.4 Å². The molecule has 0 bridgehead atoms. The average Bonchev–Trinajstić information content (AvgIpc) is 2.88. The van der Waals surface area contributed by atoms with Crippen LogP contribution < -0.4 is 11.1 Å². The highest BCUT2D eigenvalue weighted by Gasteiger charge is 2.10. The molecule has 2 rings (SSSR count). The first-order valence-electron chi connectivity index (χ1n) is 5.32. The van der Waals surface area contributed by atoms with Crippen molar-refractivity contribution in [3.63, 3.8) is 0 Å². The number of thiocarbonyl (C=S) groups is 1. The Kier molecular flexibility index (Phi) is 4.22. The van der Waals surface area contributed by atoms with Crippen LogP contribution in [-0.2, 0) is 6.54 Å². The van der Waals surface area contributed by atoms with Gasteiger partial charge in [0, 0.05) is 22.2 Å². The maximum absolute atomic E-state index is 5.78. The van der Waals surface area contributed by atoms with E-state index in [1.165, 1.54) is 0 Å². The molecule has 0 amide bonds. The monoisotopic (exact) mass is 279 g/mol. The number of anilines is 1. The lowest BCUT2D eigenvalue weighted by Crippen LogP contribution is -2.14. The predicted molar refractivity (Wildman–Crippen MR) is 77.9 cm³/mol. The Hall–Kier alpha value is -1.53. The van der Waals surface area contributed by atoms with Crippen LogP contribution in [0.5, 0.6) is 0 Å². The van der Waals surface area contributed by atoms with Crippen LogP contribution in [0.1, 0.15) is 11.3 Å². The Morgan fingerprint density at radius 1 is 1.50 bits per heavy atom. The van der Waals surface area contributed by atoms with Crippen LogP contribution in [0.3, 0.4) is 0 Å². The summed E-state index contributed by atoms with van der Waals surface area (Å²) >= 11 is 6.73. The van der Waals surface area contributed by atoms with E-state index < -0.39 is 0 Å². The molecule has 1 aromatic heterocycles. The summed E-state index contributed by atoms with van der Waals surface area (Å²) in [5.41, 5.74) is 8.41. The molecule has 0 fully saturated rings. The van der Waals surface area contributed by atoms with E-state index in [0.29, 0.717) is 11.5 Å². The molecule has 0 aliphatic rings. The standard InChI is InChI=1S/C12H13N3OS2/c1-18-10-4-2-3-9(11(10)12(13)17)14-7-8-5-6-16-15-8/h2-6,14H,7H2,1H3,(H2,13,17). The highest BCUT2D eigenvalue weighted by Crippen LogP contribution is 2.27. The molecule has 0 saturated heterocycles. The quantitative estimate of drug-likeness (QED) is 0.648. The van der Waals surface area contributed by atoms with Crippen molar-refractivity contribution in [1.29, 1.82) is 0 Å². The first-order chi connectivity index (χ1) is 8.72. The van der Waals surface area contributed by atoms with Gasteiger partial charge in [-0.25, -0.2) is 0 Å². The van der Waals surface area contributed by atoms with Crippen molar-refractivity contribution < 1.29 is 4.52 Å². The number of hydrogen-bond acceptors (Lipinski definition) is 5. The van der Waals surface area contributed by atoms with Crippen molar-refractivity contribution in [3.05, 3.63) is 41.8 Å². The zero-order valence-electron chi connectivity index (χ0n) is 9.84. The maximum atomic E-state index is 5.78. The molecule has 4 nitrogen and oxygen atoms in total. The van der Waals surface area contributed by atoms with Crippen molar-refractivity contribution >= 4 is 34.7 Å². The molecule has 0 spiro atoms. The topological polar surface area (TPSA) is 64.1 Å². The zero-order valence-corrected chi connectivity index (χ0v) is 11.5. The number of rotatable bonds is 5. The fourth-order valence-electron chi connectivity index (χ4n) is 1.62. The van der Waals surface area contributed by atoms with Gasteiger partial charge in [0.05, 0.1) is 6.54 Å². The number of nitrogens with one attached hydrogen (secondary N) is 1. The average molecular weight is 279 g/mol. The lowest BCUT2D eigenvalue weighted by molar-refractivity contribution is 0.412. The van der Waals surface area contributed by atoms with Gasteiger partial charge in [0.25, 0.3) is 0 Å². The molecule has 3 N–H and O–H groups in total. The number of nitrogens with two attached hydrogens (primary N) is 1. The van der Waals surface area contributed by atoms with E-state index in [1.807, 2.05) is 30.5 Å². The molecule has 0 aliphatic carbocycles. The Balaban J connectivity index is 2.24. The van der Waals surface area contributed by atoms with E-state index in [2.05, 4.69) is 10.5 Å². The smallest absolute Gasteiger partial charge is 0.124 e. The molecule has 6 heteroatoms. The summed E-state index contributed by atoms with van der Waals surface area (Å²) in [7, 11) is 0. The van der Waals surface area contributed by atoms with Gasteiger partial charge < -0.3 is 15.6 Å². The fourth-order valence-corrected chi connectivity index (χ4v) is 2.54. The molecule has 0 radical (unpaired) electrons. The number of thioether (sulfide) groups is 1. The predicted octanol–water partition coefficient (Wildman–Crippen LogP) is 2.64. The summed E-state index contributed by atoms with van der Waals surface area (Å²) in [6, 6.07) is 7.74. The van der Waals surface area contributed by atoms with Crippen LogP contribution in [0.25, 0.3) is 0 Å². The van der Waals surface area contributed by atoms with E-state index in [-0.39, 0.29) is 0 Å². The van der Waals surface area contributed by atoms with Crippen molar-refractivity contribution in [2.75, 3.05) is 11.6 Å². The lowest BCUT2D eigenvalue weighted by atomic mass is 10.1. The number of aromatic nitrogens is 1. The second-order valence-corrected chi connectivity index (χ2v) is 4.88. The Bertz CT molecular complexity index is 540. The fraction of sp³-hybridized carbons (Fsp3) is 0.167. The van der Waals surface area contributed by atoms with Crippen molar-refractivity contribution in [3.8, 4) is 0 Å². The molecule has 2 aromatic rings. The SMILES string of the molecule is CSc1cccc(NCc2ccon2)c1C(N)=S. The third-order valence-corrected chi connectivity index (χ3v) is 3.43. The molecule has 0 atom stereocenters. The van der Waals surface area contributed by atoms with E-state index in [4.69, 9.17) is 22.5 Å². The molecule has 0 unspecified atom stereocenters. The summed E-state index contributed by atoms with van der Waals surface area (Å²) in [6.45, 7) is 0.573. The van der Waals surface area contributed by atoms with Crippen molar-refractivity contribution in [2.45, 2.75) is 11.4 Å². The van der Waals surface area contributed by atoms with Gasteiger partial charge in [-0.1, -0.05) is 23.4 Å². The van der Waals surface area contributed by atoms with Gasteiger partial charge >= 0.3 is 0 Å². The highest BCUT2D eigenvalue weighted by molar-refractivity contribution is 7.98. The van der Waals surface area contributed by atoms with E-state index in [0.717, 1.165) is 21.8 Å². The van der Waals surface area contributed by atoms with Crippen LogP contribution in [0, 0.1) is 0 Å². The van der Waals surface area contributed by atoms with Crippen LogP contribution in [0.15, 0.2) is 39.9 Å². The molecular formula is C12H13N3OS2. The normalized spacial score (nSPS) is 10.3. The van der Waals surface area contributed by atoms with E-state index >= 15 is 0 Å². The summed E-state index contributed by atoms with van der Waals surface area (Å²) in [5, 5.41) is 7.11. The Morgan fingerprint density at radius 3 is 2.94 bits per heavy atom. The van der Waals surface area contributed by atoms with Gasteiger partial charge in [0.2, 0.25) is 0 Å². The molecule has 1 aromatic carbocycles. The molecule has 0 saturated carbocycles. The van der Waals surface area contributed by atoms with Crippen molar-refractivity contribution in [2.24, 2.45) is 5.73 Å². The molecule has 1 heterocycles. The molecular weight excluding hydrogens is 266 g/mol. The van der Waals surface area contributed by atoms with Crippen molar-refractivity contribution in [1.82, 2.24) is 5.16 Å². The summed E-state index contributed by atoms with van der Waals surface area (Å²) in [6.07, 6.45) is 3.54. The summed E-state index contributed by atoms with van der Waals surface area (Å²) in [4.78, 5) is 1.45. The lowest BCUT2D eigenvalue weighted by Gasteiger charge is -2.13. The minimum absolute atomic E-state index is 0.391. The van der Waals surface area contributed by atoms with Gasteiger partial charge in [-0.2, -0.15) is 0 Å². The molecule has 0 aliphatic heterocycles. The van der Waals surface area contributed by atoms with Gasteiger partial charge in [0.15, 0.2) is 0 Å². The first-order valence-corrected chi connectivity index (χ1v) is 6.95. The minimum Gasteiger partial charge on any atom is -0.389 e. The summed E-state index contributed by atoms with van der Waals surface area (Å²) in [5.74, 6) is 0.